The minimum Gasteiger partial charge on any atom is -0.382 e. The number of hydrogen-bond donors (Lipinski definition) is 3. The van der Waals surface area contributed by atoms with E-state index in [-0.39, 0.29) is 43.3 Å². The number of nitrogens with one attached hydrogen (secondary N) is 2. The number of pyridine rings is 1. The number of ether oxygens (including phenoxy) is 3. The van der Waals surface area contributed by atoms with E-state index in [1.54, 1.807) is 0 Å². The van der Waals surface area contributed by atoms with Gasteiger partial charge in [0.1, 0.15) is 37.0 Å². The minimum atomic E-state index is -4.47. The lowest BCUT2D eigenvalue weighted by atomic mass is 9.91. The first-order chi connectivity index (χ1) is 21.9. The summed E-state index contributed by atoms with van der Waals surface area (Å²) < 4.78 is 73.0. The number of piperidine rings is 1. The first-order valence-electron chi connectivity index (χ1n) is 15.2. The first kappa shape index (κ1) is 32.2. The van der Waals surface area contributed by atoms with Crippen LogP contribution in [0.2, 0.25) is 0 Å². The lowest BCUT2D eigenvalue weighted by Crippen LogP contribution is -2.37. The molecule has 11 nitrogen and oxygen atoms in total. The third-order valence-corrected chi connectivity index (χ3v) is 8.23. The van der Waals surface area contributed by atoms with Gasteiger partial charge in [-0.25, -0.2) is 18.9 Å². The van der Waals surface area contributed by atoms with Gasteiger partial charge in [0.05, 0.1) is 11.2 Å². The Morgan fingerprint density at radius 3 is 2.54 bits per heavy atom. The predicted molar refractivity (Wildman–Crippen MR) is 163 cm³/mol. The molecule has 0 aromatic carbocycles. The lowest BCUT2D eigenvalue weighted by molar-refractivity contribution is -0.137. The summed E-state index contributed by atoms with van der Waals surface area (Å²) in [7, 11) is 0. The molecule has 2 aliphatic heterocycles. The highest BCUT2D eigenvalue weighted by Crippen LogP contribution is 2.40. The van der Waals surface area contributed by atoms with Gasteiger partial charge < -0.3 is 30.6 Å². The number of rotatable bonds is 10. The molecule has 46 heavy (non-hydrogen) atoms. The molecular formula is C31H38F4N8O3. The summed E-state index contributed by atoms with van der Waals surface area (Å²) in [5.41, 5.74) is 8.90. The SMILES string of the molecule is CC(C)(C)OC1OC1N1CCC(c2cc(C3=CC(F)=C(NCOCNc4cc(C(F)(F)F)ccn4)CC3)c3c(N)ncnn23)CC1. The van der Waals surface area contributed by atoms with E-state index in [2.05, 4.69) is 36.7 Å². The van der Waals surface area contributed by atoms with Crippen molar-refractivity contribution in [1.29, 1.82) is 0 Å². The van der Waals surface area contributed by atoms with Crippen LogP contribution in [-0.4, -0.2) is 69.2 Å². The van der Waals surface area contributed by atoms with E-state index < -0.39 is 17.6 Å². The number of nitrogens with two attached hydrogens (primary N) is 1. The zero-order valence-electron chi connectivity index (χ0n) is 25.9. The van der Waals surface area contributed by atoms with Crippen LogP contribution in [0.5, 0.6) is 0 Å². The average molecular weight is 647 g/mol. The van der Waals surface area contributed by atoms with E-state index >= 15 is 4.39 Å². The second kappa shape index (κ2) is 12.8. The van der Waals surface area contributed by atoms with Crippen molar-refractivity contribution >= 4 is 22.7 Å². The Hall–Kier alpha value is -3.79. The summed E-state index contributed by atoms with van der Waals surface area (Å²) in [6.07, 6.45) is 2.05. The number of nitrogens with zero attached hydrogens (tertiary/aromatic N) is 5. The van der Waals surface area contributed by atoms with Gasteiger partial charge in [-0.1, -0.05) is 0 Å². The molecule has 3 aliphatic rings. The van der Waals surface area contributed by atoms with Gasteiger partial charge in [0.15, 0.2) is 18.3 Å². The summed E-state index contributed by atoms with van der Waals surface area (Å²) >= 11 is 0. The maximum absolute atomic E-state index is 15.3. The first-order valence-corrected chi connectivity index (χ1v) is 15.2. The number of anilines is 2. The normalized spacial score (nSPS) is 21.5. The Morgan fingerprint density at radius 2 is 1.83 bits per heavy atom. The molecule has 15 heteroatoms. The Morgan fingerprint density at radius 1 is 1.07 bits per heavy atom. The molecule has 0 bridgehead atoms. The third-order valence-electron chi connectivity index (χ3n) is 8.23. The molecule has 248 valence electrons. The van der Waals surface area contributed by atoms with Gasteiger partial charge in [-0.05, 0) is 76.3 Å². The van der Waals surface area contributed by atoms with Gasteiger partial charge in [-0.15, -0.1) is 0 Å². The average Bonchev–Trinajstić information content (AvgIpc) is 3.63. The molecule has 0 saturated carbocycles. The number of nitrogen functional groups attached to an aromatic ring is 1. The van der Waals surface area contributed by atoms with E-state index in [0.717, 1.165) is 61.1 Å². The molecule has 2 saturated heterocycles. The van der Waals surface area contributed by atoms with Crippen molar-refractivity contribution in [3.05, 3.63) is 65.1 Å². The van der Waals surface area contributed by atoms with Crippen LogP contribution < -0.4 is 16.4 Å². The highest BCUT2D eigenvalue weighted by Gasteiger charge is 2.47. The summed E-state index contributed by atoms with van der Waals surface area (Å²) in [5.74, 6) is 0.145. The standard InChI is InChI=1S/C31H38F4N8O3/c1-30(2,3)46-29-28(45-29)42-10-7-18(8-11-42)24-14-21(26-27(36)38-15-41-43(24)26)19-4-5-23(22(32)12-19)39-16-44-17-40-25-13-20(6-9-37-25)31(33,34)35/h6,9,12-15,18,28-29,39H,4-5,7-8,10-11,16-17H2,1-3H3,(H,37,40)(H2,36,38,41). The van der Waals surface area contributed by atoms with Crippen LogP contribution in [0.1, 0.15) is 69.2 Å². The molecule has 2 unspecified atom stereocenters. The van der Waals surface area contributed by atoms with Crippen molar-refractivity contribution in [3.63, 3.8) is 0 Å². The molecule has 0 radical (unpaired) electrons. The van der Waals surface area contributed by atoms with Gasteiger partial charge in [-0.3, -0.25) is 4.90 Å². The number of alkyl halides is 3. The van der Waals surface area contributed by atoms with Crippen LogP contribution in [-0.2, 0) is 20.4 Å². The molecule has 2 fully saturated rings. The van der Waals surface area contributed by atoms with E-state index in [0.29, 0.717) is 29.9 Å². The highest BCUT2D eigenvalue weighted by molar-refractivity contribution is 5.87. The Balaban J connectivity index is 1.08. The topological polar surface area (TPSA) is 127 Å². The van der Waals surface area contributed by atoms with Crippen molar-refractivity contribution in [2.75, 3.05) is 37.6 Å². The molecule has 6 rings (SSSR count). The predicted octanol–water partition coefficient (Wildman–Crippen LogP) is 5.39. The van der Waals surface area contributed by atoms with E-state index in [1.807, 2.05) is 25.3 Å². The summed E-state index contributed by atoms with van der Waals surface area (Å²) in [6.45, 7) is 7.59. The van der Waals surface area contributed by atoms with Crippen molar-refractivity contribution in [1.82, 2.24) is 29.8 Å². The van der Waals surface area contributed by atoms with Gasteiger partial charge >= 0.3 is 6.18 Å². The molecule has 5 heterocycles. The monoisotopic (exact) mass is 646 g/mol. The second-order valence-corrected chi connectivity index (χ2v) is 12.6. The number of fused-ring (bicyclic) bond motifs is 1. The van der Waals surface area contributed by atoms with Crippen molar-refractivity contribution in [2.24, 2.45) is 0 Å². The molecule has 1 aliphatic carbocycles. The summed E-state index contributed by atoms with van der Waals surface area (Å²) in [4.78, 5) is 10.4. The fraction of sp³-hybridized carbons (Fsp3) is 0.516. The second-order valence-electron chi connectivity index (χ2n) is 12.6. The zero-order chi connectivity index (χ0) is 32.6. The van der Waals surface area contributed by atoms with Gasteiger partial charge in [0.25, 0.3) is 0 Å². The maximum atomic E-state index is 15.3. The fourth-order valence-corrected chi connectivity index (χ4v) is 5.96. The van der Waals surface area contributed by atoms with E-state index in [9.17, 15) is 13.2 Å². The largest absolute Gasteiger partial charge is 0.416 e. The number of halogens is 4. The van der Waals surface area contributed by atoms with Crippen molar-refractivity contribution < 1.29 is 31.8 Å². The van der Waals surface area contributed by atoms with E-state index in [4.69, 9.17) is 19.9 Å². The molecular weight excluding hydrogens is 608 g/mol. The van der Waals surface area contributed by atoms with Crippen LogP contribution in [0.4, 0.5) is 29.2 Å². The quantitative estimate of drug-likeness (QED) is 0.114. The Kier molecular flexibility index (Phi) is 8.93. The van der Waals surface area contributed by atoms with Gasteiger partial charge in [0, 0.05) is 42.2 Å². The van der Waals surface area contributed by atoms with Crippen LogP contribution >= 0.6 is 0 Å². The van der Waals surface area contributed by atoms with Crippen molar-refractivity contribution in [3.8, 4) is 0 Å². The number of likely N-dealkylation sites (tertiary alicyclic amines) is 1. The Bertz CT molecular complexity index is 1630. The molecule has 3 aromatic rings. The van der Waals surface area contributed by atoms with Crippen LogP contribution in [0.3, 0.4) is 0 Å². The molecule has 3 aromatic heterocycles. The number of allylic oxidation sites excluding steroid dienone is 4. The summed E-state index contributed by atoms with van der Waals surface area (Å²) in [6, 6.07) is 3.85. The van der Waals surface area contributed by atoms with Crippen LogP contribution in [0, 0.1) is 0 Å². The van der Waals surface area contributed by atoms with Crippen molar-refractivity contribution in [2.45, 2.75) is 76.7 Å². The lowest BCUT2D eigenvalue weighted by Gasteiger charge is -2.30. The Labute approximate surface area is 263 Å². The maximum Gasteiger partial charge on any atom is 0.416 e. The smallest absolute Gasteiger partial charge is 0.382 e. The van der Waals surface area contributed by atoms with Crippen LogP contribution in [0.15, 0.2) is 48.3 Å². The highest BCUT2D eigenvalue weighted by atomic mass is 19.4. The van der Waals surface area contributed by atoms with E-state index in [1.165, 1.54) is 12.4 Å². The number of epoxide rings is 1. The number of aromatic nitrogens is 4. The summed E-state index contributed by atoms with van der Waals surface area (Å²) in [5, 5.41) is 10.1. The molecule has 4 N–H and O–H groups in total. The fourth-order valence-electron chi connectivity index (χ4n) is 5.96. The minimum absolute atomic E-state index is 0.0169. The zero-order valence-corrected chi connectivity index (χ0v) is 25.9. The third kappa shape index (κ3) is 7.27. The number of hydrogen-bond acceptors (Lipinski definition) is 10. The van der Waals surface area contributed by atoms with Gasteiger partial charge in [0.2, 0.25) is 0 Å². The van der Waals surface area contributed by atoms with Gasteiger partial charge in [-0.2, -0.15) is 18.3 Å². The molecule has 0 spiro atoms. The molecule has 2 atom stereocenters. The van der Waals surface area contributed by atoms with Crippen LogP contribution in [0.25, 0.3) is 11.1 Å². The molecule has 0 amide bonds.